The Bertz CT molecular complexity index is 332. The van der Waals surface area contributed by atoms with Crippen LogP contribution in [0.1, 0.15) is 25.7 Å². The average molecular weight is 224 g/mol. The lowest BCUT2D eigenvalue weighted by atomic mass is 9.83. The molecule has 0 aromatic rings. The molecule has 2 fully saturated rings. The number of carbonyl (C=O) groups is 2. The number of hydrogen-bond acceptors (Lipinski definition) is 4. The predicted octanol–water partition coefficient (Wildman–Crippen LogP) is 0.837. The number of allylic oxidation sites excluding steroid dienone is 2. The van der Waals surface area contributed by atoms with Crippen LogP contribution in [0.5, 0.6) is 0 Å². The normalized spacial score (nSPS) is 25.9. The van der Waals surface area contributed by atoms with Gasteiger partial charge in [0.05, 0.1) is 12.7 Å². The number of hydrogen-bond donors (Lipinski definition) is 1. The highest BCUT2D eigenvalue weighted by Gasteiger charge is 2.38. The first-order chi connectivity index (χ1) is 7.67. The highest BCUT2D eigenvalue weighted by atomic mass is 16.5. The lowest BCUT2D eigenvalue weighted by Crippen LogP contribution is -2.29. The van der Waals surface area contributed by atoms with Crippen molar-refractivity contribution >= 4 is 11.6 Å². The minimum absolute atomic E-state index is 0.101. The fourth-order valence-electron chi connectivity index (χ4n) is 2.18. The molecule has 1 N–H and O–H groups in total. The number of ether oxygens (including phenoxy) is 1. The third-order valence-corrected chi connectivity index (χ3v) is 3.18. The summed E-state index contributed by atoms with van der Waals surface area (Å²) in [7, 11) is 1.51. The minimum Gasteiger partial charge on any atom is -0.500 e. The Kier molecular flexibility index (Phi) is 3.10. The second-order valence-electron chi connectivity index (χ2n) is 4.52. The second kappa shape index (κ2) is 4.37. The molecule has 0 atom stereocenters. The molecular formula is C12H16O4. The molecule has 0 heterocycles. The van der Waals surface area contributed by atoms with E-state index < -0.39 is 0 Å². The van der Waals surface area contributed by atoms with E-state index in [1.807, 2.05) is 0 Å². The van der Waals surface area contributed by atoms with Crippen LogP contribution in [-0.2, 0) is 14.3 Å². The molecule has 4 nitrogen and oxygen atoms in total. The topological polar surface area (TPSA) is 63.6 Å². The number of Topliss-reactive ketones (excluding diaryl/α,β-unsaturated/α-hetero) is 2. The van der Waals surface area contributed by atoms with Gasteiger partial charge in [0.1, 0.15) is 5.76 Å². The molecule has 2 saturated carbocycles. The van der Waals surface area contributed by atoms with Crippen LogP contribution >= 0.6 is 0 Å². The van der Waals surface area contributed by atoms with Gasteiger partial charge in [-0.3, -0.25) is 9.59 Å². The zero-order valence-electron chi connectivity index (χ0n) is 9.36. The van der Waals surface area contributed by atoms with Gasteiger partial charge in [-0.1, -0.05) is 0 Å². The zero-order valence-corrected chi connectivity index (χ0v) is 9.36. The lowest BCUT2D eigenvalue weighted by Gasteiger charge is -2.21. The van der Waals surface area contributed by atoms with Crippen molar-refractivity contribution in [2.24, 2.45) is 11.8 Å². The number of ketones is 2. The van der Waals surface area contributed by atoms with Gasteiger partial charge in [-0.05, 0) is 18.8 Å². The largest absolute Gasteiger partial charge is 0.500 e. The summed E-state index contributed by atoms with van der Waals surface area (Å²) in [6, 6.07) is 0. The van der Waals surface area contributed by atoms with Crippen molar-refractivity contribution in [1.82, 2.24) is 0 Å². The smallest absolute Gasteiger partial charge is 0.170 e. The SMILES string of the molecule is COC(=C1C(=O)CC(CO)CC1=O)C1CC1. The monoisotopic (exact) mass is 224 g/mol. The van der Waals surface area contributed by atoms with Crippen LogP contribution in [0.3, 0.4) is 0 Å². The third kappa shape index (κ3) is 2.02. The van der Waals surface area contributed by atoms with E-state index in [4.69, 9.17) is 9.84 Å². The second-order valence-corrected chi connectivity index (χ2v) is 4.52. The highest BCUT2D eigenvalue weighted by Crippen LogP contribution is 2.40. The molecule has 4 heteroatoms. The Labute approximate surface area is 94.3 Å². The van der Waals surface area contributed by atoms with Crippen LogP contribution in [0.15, 0.2) is 11.3 Å². The molecule has 0 spiro atoms. The summed E-state index contributed by atoms with van der Waals surface area (Å²) < 4.78 is 5.20. The van der Waals surface area contributed by atoms with E-state index in [9.17, 15) is 9.59 Å². The van der Waals surface area contributed by atoms with Gasteiger partial charge in [0.2, 0.25) is 0 Å². The van der Waals surface area contributed by atoms with Crippen molar-refractivity contribution in [1.29, 1.82) is 0 Å². The van der Waals surface area contributed by atoms with Gasteiger partial charge in [-0.25, -0.2) is 0 Å². The molecule has 0 aromatic carbocycles. The summed E-state index contributed by atoms with van der Waals surface area (Å²) in [5, 5.41) is 8.98. The van der Waals surface area contributed by atoms with Crippen LogP contribution < -0.4 is 0 Å². The van der Waals surface area contributed by atoms with Crippen molar-refractivity contribution in [3.8, 4) is 0 Å². The first-order valence-electron chi connectivity index (χ1n) is 5.62. The summed E-state index contributed by atoms with van der Waals surface area (Å²) in [6.07, 6.45) is 2.52. The number of rotatable bonds is 3. The Morgan fingerprint density at radius 1 is 1.31 bits per heavy atom. The summed E-state index contributed by atoms with van der Waals surface area (Å²) in [5.74, 6) is 0.295. The Hall–Kier alpha value is -1.16. The van der Waals surface area contributed by atoms with Gasteiger partial charge in [-0.2, -0.15) is 0 Å². The molecule has 2 aliphatic rings. The molecule has 88 valence electrons. The molecule has 0 aromatic heterocycles. The van der Waals surface area contributed by atoms with E-state index in [2.05, 4.69) is 0 Å². The molecule has 0 amide bonds. The first kappa shape index (κ1) is 11.3. The fourth-order valence-corrected chi connectivity index (χ4v) is 2.18. The Morgan fingerprint density at radius 2 is 1.88 bits per heavy atom. The summed E-state index contributed by atoms with van der Waals surface area (Å²) in [4.78, 5) is 23.7. The van der Waals surface area contributed by atoms with Crippen molar-refractivity contribution in [3.05, 3.63) is 11.3 Å². The molecule has 0 saturated heterocycles. The number of aliphatic hydroxyl groups is 1. The van der Waals surface area contributed by atoms with Gasteiger partial charge in [0, 0.05) is 25.4 Å². The van der Waals surface area contributed by atoms with E-state index in [1.54, 1.807) is 0 Å². The maximum Gasteiger partial charge on any atom is 0.170 e. The van der Waals surface area contributed by atoms with Crippen LogP contribution in [0.4, 0.5) is 0 Å². The van der Waals surface area contributed by atoms with E-state index in [0.29, 0.717) is 5.76 Å². The van der Waals surface area contributed by atoms with Gasteiger partial charge < -0.3 is 9.84 Å². The first-order valence-corrected chi connectivity index (χ1v) is 5.62. The van der Waals surface area contributed by atoms with Crippen LogP contribution in [-0.4, -0.2) is 30.4 Å². The summed E-state index contributed by atoms with van der Waals surface area (Å²) in [5.41, 5.74) is 0.259. The molecule has 2 aliphatic carbocycles. The molecule has 2 rings (SSSR count). The molecular weight excluding hydrogens is 208 g/mol. The molecule has 16 heavy (non-hydrogen) atoms. The van der Waals surface area contributed by atoms with Crippen molar-refractivity contribution in [2.45, 2.75) is 25.7 Å². The maximum absolute atomic E-state index is 11.8. The highest BCUT2D eigenvalue weighted by molar-refractivity contribution is 6.22. The van der Waals surface area contributed by atoms with Gasteiger partial charge in [0.25, 0.3) is 0 Å². The van der Waals surface area contributed by atoms with Gasteiger partial charge in [-0.15, -0.1) is 0 Å². The van der Waals surface area contributed by atoms with E-state index in [-0.39, 0.29) is 48.4 Å². The van der Waals surface area contributed by atoms with Crippen LogP contribution in [0.25, 0.3) is 0 Å². The summed E-state index contributed by atoms with van der Waals surface area (Å²) >= 11 is 0. The van der Waals surface area contributed by atoms with E-state index in [0.717, 1.165) is 12.8 Å². The zero-order chi connectivity index (χ0) is 11.7. The van der Waals surface area contributed by atoms with Crippen molar-refractivity contribution in [3.63, 3.8) is 0 Å². The van der Waals surface area contributed by atoms with E-state index >= 15 is 0 Å². The molecule has 0 bridgehead atoms. The van der Waals surface area contributed by atoms with Crippen molar-refractivity contribution < 1.29 is 19.4 Å². The quantitative estimate of drug-likeness (QED) is 0.438. The minimum atomic E-state index is -0.207. The molecule has 0 radical (unpaired) electrons. The lowest BCUT2D eigenvalue weighted by molar-refractivity contribution is -0.126. The fraction of sp³-hybridized carbons (Fsp3) is 0.667. The van der Waals surface area contributed by atoms with Crippen molar-refractivity contribution in [2.75, 3.05) is 13.7 Å². The molecule has 0 aliphatic heterocycles. The Balaban J connectivity index is 2.26. The predicted molar refractivity (Wildman–Crippen MR) is 56.6 cm³/mol. The number of aliphatic hydroxyl groups excluding tert-OH is 1. The van der Waals surface area contributed by atoms with E-state index in [1.165, 1.54) is 7.11 Å². The number of carbonyl (C=O) groups excluding carboxylic acids is 2. The standard InChI is InChI=1S/C12H16O4/c1-16-12(8-2-3-8)11-9(14)4-7(6-13)5-10(11)15/h7-8,13H,2-6H2,1H3. The third-order valence-electron chi connectivity index (χ3n) is 3.18. The van der Waals surface area contributed by atoms with Crippen LogP contribution in [0, 0.1) is 11.8 Å². The maximum atomic E-state index is 11.8. The Morgan fingerprint density at radius 3 is 2.25 bits per heavy atom. The van der Waals surface area contributed by atoms with Gasteiger partial charge >= 0.3 is 0 Å². The number of methoxy groups -OCH3 is 1. The summed E-state index contributed by atoms with van der Waals surface area (Å²) in [6.45, 7) is -0.101. The van der Waals surface area contributed by atoms with Crippen LogP contribution in [0.2, 0.25) is 0 Å². The molecule has 0 unspecified atom stereocenters. The van der Waals surface area contributed by atoms with Gasteiger partial charge in [0.15, 0.2) is 11.6 Å². The average Bonchev–Trinajstić information content (AvgIpc) is 3.06.